The second-order valence-electron chi connectivity index (χ2n) is 7.03. The van der Waals surface area contributed by atoms with Gasteiger partial charge in [-0.3, -0.25) is 9.99 Å². The molecule has 0 radical (unpaired) electrons. The highest BCUT2D eigenvalue weighted by Gasteiger charge is 2.26. The molecule has 2 aromatic rings. The van der Waals surface area contributed by atoms with Crippen LogP contribution in [-0.4, -0.2) is 11.5 Å². The predicted octanol–water partition coefficient (Wildman–Crippen LogP) is 4.92. The van der Waals surface area contributed by atoms with Gasteiger partial charge in [0.2, 0.25) is 0 Å². The molecular formula is C17H21Br2N5. The van der Waals surface area contributed by atoms with Crippen LogP contribution in [0.1, 0.15) is 26.3 Å². The van der Waals surface area contributed by atoms with E-state index in [0.717, 1.165) is 44.7 Å². The van der Waals surface area contributed by atoms with Crippen LogP contribution in [0.3, 0.4) is 0 Å². The topological polar surface area (TPSA) is 52.2 Å². The second kappa shape index (κ2) is 6.90. The minimum absolute atomic E-state index is 0.202. The average molecular weight is 455 g/mol. The highest BCUT2D eigenvalue weighted by Crippen LogP contribution is 2.41. The largest absolute Gasteiger partial charge is 0.380 e. The molecule has 3 N–H and O–H groups in total. The maximum Gasteiger partial charge on any atom is 0.0916 e. The summed E-state index contributed by atoms with van der Waals surface area (Å²) in [5.74, 6) is 0. The van der Waals surface area contributed by atoms with Crippen LogP contribution < -0.4 is 21.3 Å². The van der Waals surface area contributed by atoms with Crippen molar-refractivity contribution in [1.82, 2.24) is 10.5 Å². The summed E-state index contributed by atoms with van der Waals surface area (Å²) in [7, 11) is 0. The number of nitrogens with zero attached hydrogens (tertiary/aromatic N) is 2. The number of aromatic nitrogens is 1. The Kier molecular flexibility index (Phi) is 5.03. The van der Waals surface area contributed by atoms with Crippen molar-refractivity contribution >= 4 is 48.9 Å². The van der Waals surface area contributed by atoms with Crippen LogP contribution in [0.2, 0.25) is 0 Å². The zero-order valence-electron chi connectivity index (χ0n) is 14.0. The molecule has 0 bridgehead atoms. The maximum absolute atomic E-state index is 4.09. The number of benzene rings is 1. The van der Waals surface area contributed by atoms with E-state index in [2.05, 4.69) is 91.0 Å². The van der Waals surface area contributed by atoms with Gasteiger partial charge in [0.05, 0.1) is 21.5 Å². The smallest absolute Gasteiger partial charge is 0.0916 e. The second-order valence-corrected chi connectivity index (χ2v) is 8.67. The number of halogens is 2. The first-order valence-electron chi connectivity index (χ1n) is 7.79. The molecule has 0 saturated carbocycles. The lowest BCUT2D eigenvalue weighted by Crippen LogP contribution is -2.41. The summed E-state index contributed by atoms with van der Waals surface area (Å²) in [6.07, 6.45) is 3.61. The third-order valence-electron chi connectivity index (χ3n) is 3.68. The van der Waals surface area contributed by atoms with Crippen LogP contribution in [0, 0.1) is 5.41 Å². The quantitative estimate of drug-likeness (QED) is 0.612. The fourth-order valence-corrected chi connectivity index (χ4v) is 3.53. The van der Waals surface area contributed by atoms with Gasteiger partial charge in [-0.25, -0.2) is 0 Å². The number of fused-ring (bicyclic) bond motifs is 1. The van der Waals surface area contributed by atoms with Crippen LogP contribution in [0.15, 0.2) is 39.5 Å². The lowest BCUT2D eigenvalue weighted by atomic mass is 9.96. The third kappa shape index (κ3) is 3.84. The van der Waals surface area contributed by atoms with E-state index in [-0.39, 0.29) is 5.41 Å². The Hall–Kier alpha value is -1.31. The molecule has 0 aliphatic carbocycles. The summed E-state index contributed by atoms with van der Waals surface area (Å²) < 4.78 is 2.03. The molecule has 1 aromatic heterocycles. The molecule has 0 amide bonds. The van der Waals surface area contributed by atoms with Gasteiger partial charge in [0, 0.05) is 30.0 Å². The van der Waals surface area contributed by atoms with Gasteiger partial charge in [-0.2, -0.15) is 0 Å². The van der Waals surface area contributed by atoms with E-state index in [9.17, 15) is 0 Å². The van der Waals surface area contributed by atoms with Crippen molar-refractivity contribution in [2.75, 3.05) is 22.3 Å². The van der Waals surface area contributed by atoms with Crippen molar-refractivity contribution in [3.05, 3.63) is 45.1 Å². The molecule has 0 fully saturated rings. The van der Waals surface area contributed by atoms with Crippen molar-refractivity contribution in [1.29, 1.82) is 0 Å². The van der Waals surface area contributed by atoms with Gasteiger partial charge in [0.1, 0.15) is 0 Å². The minimum Gasteiger partial charge on any atom is -0.380 e. The number of nitrogens with one attached hydrogen (secondary N) is 3. The number of pyridine rings is 1. The van der Waals surface area contributed by atoms with E-state index < -0.39 is 0 Å². The lowest BCUT2D eigenvalue weighted by molar-refractivity contribution is 0.400. The number of anilines is 3. The highest BCUT2D eigenvalue weighted by molar-refractivity contribution is 9.11. The SMILES string of the molecule is CC(C)(C)CN1NNc2c1ccc(NCc1ccncc1Br)c2Br. The summed E-state index contributed by atoms with van der Waals surface area (Å²) in [4.78, 5) is 4.09. The van der Waals surface area contributed by atoms with Gasteiger partial charge in [0.15, 0.2) is 0 Å². The van der Waals surface area contributed by atoms with Crippen LogP contribution in [-0.2, 0) is 6.54 Å². The van der Waals surface area contributed by atoms with Gasteiger partial charge in [-0.05, 0) is 61.0 Å². The fourth-order valence-electron chi connectivity index (χ4n) is 2.57. The van der Waals surface area contributed by atoms with Gasteiger partial charge in [0.25, 0.3) is 0 Å². The maximum atomic E-state index is 4.09. The van der Waals surface area contributed by atoms with Crippen molar-refractivity contribution in [2.24, 2.45) is 5.41 Å². The predicted molar refractivity (Wildman–Crippen MR) is 107 cm³/mol. The van der Waals surface area contributed by atoms with E-state index in [1.54, 1.807) is 6.20 Å². The molecular weight excluding hydrogens is 434 g/mol. The number of rotatable bonds is 4. The number of hydrogen-bond donors (Lipinski definition) is 3. The van der Waals surface area contributed by atoms with Gasteiger partial charge in [-0.1, -0.05) is 20.8 Å². The van der Waals surface area contributed by atoms with Crippen LogP contribution in [0.4, 0.5) is 17.1 Å². The van der Waals surface area contributed by atoms with E-state index >= 15 is 0 Å². The number of hydrogen-bond acceptors (Lipinski definition) is 5. The zero-order chi connectivity index (χ0) is 17.3. The van der Waals surface area contributed by atoms with Crippen molar-refractivity contribution in [3.8, 4) is 0 Å². The summed E-state index contributed by atoms with van der Waals surface area (Å²) in [6.45, 7) is 8.31. The molecule has 0 unspecified atom stereocenters. The molecule has 0 spiro atoms. The van der Waals surface area contributed by atoms with Crippen molar-refractivity contribution < 1.29 is 0 Å². The monoisotopic (exact) mass is 453 g/mol. The molecule has 5 nitrogen and oxygen atoms in total. The first kappa shape index (κ1) is 17.5. The van der Waals surface area contributed by atoms with Gasteiger partial charge >= 0.3 is 0 Å². The first-order chi connectivity index (χ1) is 11.3. The summed E-state index contributed by atoms with van der Waals surface area (Å²) in [6, 6.07) is 6.23. The Morgan fingerprint density at radius 2 is 2.00 bits per heavy atom. The zero-order valence-corrected chi connectivity index (χ0v) is 17.1. The number of hydrazine groups is 2. The van der Waals surface area contributed by atoms with Crippen LogP contribution in [0.5, 0.6) is 0 Å². The molecule has 3 rings (SSSR count). The van der Waals surface area contributed by atoms with Gasteiger partial charge in [-0.15, -0.1) is 5.53 Å². The van der Waals surface area contributed by atoms with E-state index in [1.165, 1.54) is 0 Å². The van der Waals surface area contributed by atoms with E-state index in [0.29, 0.717) is 0 Å². The normalized spacial score (nSPS) is 13.6. The summed E-state index contributed by atoms with van der Waals surface area (Å²) in [5, 5.41) is 5.61. The Morgan fingerprint density at radius 1 is 1.21 bits per heavy atom. The lowest BCUT2D eigenvalue weighted by Gasteiger charge is -2.27. The molecule has 1 aliphatic rings. The Labute approximate surface area is 159 Å². The first-order valence-corrected chi connectivity index (χ1v) is 9.38. The van der Waals surface area contributed by atoms with Crippen LogP contribution >= 0.6 is 31.9 Å². The van der Waals surface area contributed by atoms with E-state index in [1.807, 2.05) is 12.3 Å². The summed E-state index contributed by atoms with van der Waals surface area (Å²) in [5.41, 5.74) is 11.1. The third-order valence-corrected chi connectivity index (χ3v) is 5.22. The van der Waals surface area contributed by atoms with Crippen LogP contribution in [0.25, 0.3) is 0 Å². The fraction of sp³-hybridized carbons (Fsp3) is 0.353. The molecule has 7 heteroatoms. The molecule has 1 aromatic carbocycles. The van der Waals surface area contributed by atoms with Gasteiger partial charge < -0.3 is 10.7 Å². The van der Waals surface area contributed by atoms with Crippen molar-refractivity contribution in [2.45, 2.75) is 27.3 Å². The average Bonchev–Trinajstić information content (AvgIpc) is 2.90. The standard InChI is InChI=1S/C17H21Br2N5/c1-17(2,3)10-24-14-5-4-13(15(19)16(14)22-23-24)21-8-11-6-7-20-9-12(11)18/h4-7,9,21-23H,8,10H2,1-3H3. The van der Waals surface area contributed by atoms with E-state index in [4.69, 9.17) is 0 Å². The van der Waals surface area contributed by atoms with Crippen molar-refractivity contribution in [3.63, 3.8) is 0 Å². The minimum atomic E-state index is 0.202. The molecule has 1 aliphatic heterocycles. The Balaban J connectivity index is 1.77. The molecule has 128 valence electrons. The Morgan fingerprint density at radius 3 is 2.71 bits per heavy atom. The molecule has 0 atom stereocenters. The molecule has 0 saturated heterocycles. The molecule has 24 heavy (non-hydrogen) atoms. The highest BCUT2D eigenvalue weighted by atomic mass is 79.9. The summed E-state index contributed by atoms with van der Waals surface area (Å²) >= 11 is 7.25. The molecule has 2 heterocycles. The Bertz CT molecular complexity index is 742.